The molecule has 7 nitrogen and oxygen atoms in total. The van der Waals surface area contributed by atoms with Gasteiger partial charge in [0.25, 0.3) is 11.8 Å². The number of hydrogen-bond acceptors (Lipinski definition) is 5. The van der Waals surface area contributed by atoms with E-state index in [2.05, 4.69) is 15.5 Å². The van der Waals surface area contributed by atoms with Gasteiger partial charge in [0.2, 0.25) is 5.91 Å². The molecule has 2 unspecified atom stereocenters. The third kappa shape index (κ3) is 3.30. The Morgan fingerprint density at radius 1 is 1.14 bits per heavy atom. The summed E-state index contributed by atoms with van der Waals surface area (Å²) in [7, 11) is 0. The second kappa shape index (κ2) is 7.04. The topological polar surface area (TPSA) is 88.3 Å². The first-order valence-electron chi connectivity index (χ1n) is 10.2. The molecule has 1 aromatic carbocycles. The zero-order chi connectivity index (χ0) is 19.1. The number of amides is 2. The molecule has 28 heavy (non-hydrogen) atoms. The normalized spacial score (nSPS) is 25.0. The summed E-state index contributed by atoms with van der Waals surface area (Å²) in [6.07, 6.45) is 5.87. The van der Waals surface area contributed by atoms with Gasteiger partial charge in [0.1, 0.15) is 0 Å². The molecule has 3 heterocycles. The van der Waals surface area contributed by atoms with E-state index in [4.69, 9.17) is 4.52 Å². The van der Waals surface area contributed by atoms with Crippen molar-refractivity contribution in [1.29, 1.82) is 0 Å². The highest BCUT2D eigenvalue weighted by Gasteiger charge is 2.37. The molecule has 3 aliphatic rings. The van der Waals surface area contributed by atoms with Crippen LogP contribution in [0.5, 0.6) is 0 Å². The lowest BCUT2D eigenvalue weighted by Gasteiger charge is -2.39. The Balaban J connectivity index is 1.32. The van der Waals surface area contributed by atoms with Crippen LogP contribution in [0.15, 0.2) is 28.8 Å². The summed E-state index contributed by atoms with van der Waals surface area (Å²) >= 11 is 0. The average molecular weight is 380 g/mol. The van der Waals surface area contributed by atoms with Crippen LogP contribution in [0, 0.1) is 5.92 Å². The van der Waals surface area contributed by atoms with Gasteiger partial charge in [0, 0.05) is 48.5 Å². The number of carbonyl (C=O) groups is 2. The number of hydrogen-bond donors (Lipinski definition) is 1. The minimum atomic E-state index is 0.0415. The van der Waals surface area contributed by atoms with Gasteiger partial charge >= 0.3 is 0 Å². The highest BCUT2D eigenvalue weighted by atomic mass is 16.5. The Kier molecular flexibility index (Phi) is 4.37. The van der Waals surface area contributed by atoms with Crippen LogP contribution in [-0.4, -0.2) is 46.0 Å². The van der Waals surface area contributed by atoms with Crippen molar-refractivity contribution >= 4 is 11.8 Å². The van der Waals surface area contributed by atoms with Gasteiger partial charge < -0.3 is 14.7 Å². The Morgan fingerprint density at radius 2 is 1.96 bits per heavy atom. The van der Waals surface area contributed by atoms with Crippen LogP contribution in [0.25, 0.3) is 11.5 Å². The SMILES string of the molecule is O=C1CC(C2CCCCN2C(=O)c2ccc(-c3nc(C4CC4)no3)cc2)CN1. The fraction of sp³-hybridized carbons (Fsp3) is 0.524. The molecule has 0 spiro atoms. The molecule has 7 heteroatoms. The van der Waals surface area contributed by atoms with Crippen LogP contribution < -0.4 is 5.32 Å². The predicted octanol–water partition coefficient (Wildman–Crippen LogP) is 2.74. The lowest BCUT2D eigenvalue weighted by molar-refractivity contribution is -0.119. The molecule has 1 N–H and O–H groups in total. The first-order chi connectivity index (χ1) is 13.7. The quantitative estimate of drug-likeness (QED) is 0.881. The van der Waals surface area contributed by atoms with Crippen molar-refractivity contribution in [3.63, 3.8) is 0 Å². The van der Waals surface area contributed by atoms with Crippen LogP contribution in [-0.2, 0) is 4.79 Å². The molecule has 1 saturated carbocycles. The van der Waals surface area contributed by atoms with Crippen LogP contribution >= 0.6 is 0 Å². The summed E-state index contributed by atoms with van der Waals surface area (Å²) in [5.41, 5.74) is 1.49. The zero-order valence-electron chi connectivity index (χ0n) is 15.8. The van der Waals surface area contributed by atoms with E-state index in [0.29, 0.717) is 30.3 Å². The average Bonchev–Trinajstić information content (AvgIpc) is 3.30. The second-order valence-corrected chi connectivity index (χ2v) is 8.14. The lowest BCUT2D eigenvalue weighted by atomic mass is 9.89. The largest absolute Gasteiger partial charge is 0.356 e. The summed E-state index contributed by atoms with van der Waals surface area (Å²) < 4.78 is 5.37. The molecule has 0 bridgehead atoms. The molecule has 2 aliphatic heterocycles. The Hall–Kier alpha value is -2.70. The Labute approximate surface area is 163 Å². The van der Waals surface area contributed by atoms with Crippen LogP contribution in [0.4, 0.5) is 0 Å². The fourth-order valence-electron chi connectivity index (χ4n) is 4.38. The van der Waals surface area contributed by atoms with E-state index in [1.54, 1.807) is 0 Å². The molecule has 0 radical (unpaired) electrons. The summed E-state index contributed by atoms with van der Waals surface area (Å²) in [6.45, 7) is 1.43. The van der Waals surface area contributed by atoms with E-state index in [-0.39, 0.29) is 23.8 Å². The molecule has 1 aromatic heterocycles. The maximum atomic E-state index is 13.2. The van der Waals surface area contributed by atoms with Crippen molar-refractivity contribution in [3.05, 3.63) is 35.7 Å². The van der Waals surface area contributed by atoms with E-state index >= 15 is 0 Å². The molecular weight excluding hydrogens is 356 g/mol. The maximum absolute atomic E-state index is 13.2. The van der Waals surface area contributed by atoms with Crippen LogP contribution in [0.3, 0.4) is 0 Å². The summed E-state index contributed by atoms with van der Waals surface area (Å²) in [5.74, 6) is 2.09. The number of likely N-dealkylation sites (tertiary alicyclic amines) is 1. The molecule has 2 atom stereocenters. The van der Waals surface area contributed by atoms with Crippen molar-refractivity contribution in [1.82, 2.24) is 20.4 Å². The van der Waals surface area contributed by atoms with Gasteiger partial charge in [-0.05, 0) is 56.4 Å². The number of nitrogens with one attached hydrogen (secondary N) is 1. The second-order valence-electron chi connectivity index (χ2n) is 8.14. The fourth-order valence-corrected chi connectivity index (χ4v) is 4.38. The van der Waals surface area contributed by atoms with E-state index in [0.717, 1.165) is 50.0 Å². The summed E-state index contributed by atoms with van der Waals surface area (Å²) in [5, 5.41) is 6.96. The van der Waals surface area contributed by atoms with Gasteiger partial charge in [-0.3, -0.25) is 9.59 Å². The Bertz CT molecular complexity index is 887. The number of rotatable bonds is 4. The van der Waals surface area contributed by atoms with E-state index < -0.39 is 0 Å². The molecule has 2 aromatic rings. The maximum Gasteiger partial charge on any atom is 0.257 e. The molecule has 146 valence electrons. The number of piperidine rings is 1. The summed E-state index contributed by atoms with van der Waals surface area (Å²) in [6, 6.07) is 7.55. The van der Waals surface area contributed by atoms with Gasteiger partial charge in [-0.15, -0.1) is 0 Å². The standard InChI is InChI=1S/C21H24N4O3/c26-18-11-16(12-22-18)17-3-1-2-10-25(17)21(27)15-8-6-14(7-9-15)20-23-19(24-28-20)13-4-5-13/h6-9,13,16-17H,1-5,10-12H2,(H,22,26). The van der Waals surface area contributed by atoms with Crippen molar-refractivity contribution in [2.24, 2.45) is 5.92 Å². The molecule has 3 fully saturated rings. The lowest BCUT2D eigenvalue weighted by Crippen LogP contribution is -2.48. The van der Waals surface area contributed by atoms with Crippen molar-refractivity contribution in [3.8, 4) is 11.5 Å². The Morgan fingerprint density at radius 3 is 2.68 bits per heavy atom. The van der Waals surface area contributed by atoms with Crippen LogP contribution in [0.1, 0.15) is 60.6 Å². The van der Waals surface area contributed by atoms with Gasteiger partial charge in [0.05, 0.1) is 0 Å². The molecule has 2 amide bonds. The zero-order valence-corrected chi connectivity index (χ0v) is 15.8. The predicted molar refractivity (Wildman–Crippen MR) is 102 cm³/mol. The van der Waals surface area contributed by atoms with Crippen molar-refractivity contribution in [2.45, 2.75) is 50.5 Å². The highest BCUT2D eigenvalue weighted by molar-refractivity contribution is 5.95. The van der Waals surface area contributed by atoms with Crippen molar-refractivity contribution < 1.29 is 14.1 Å². The number of benzene rings is 1. The highest BCUT2D eigenvalue weighted by Crippen LogP contribution is 2.39. The minimum Gasteiger partial charge on any atom is -0.356 e. The number of aromatic nitrogens is 2. The van der Waals surface area contributed by atoms with E-state index in [9.17, 15) is 9.59 Å². The minimum absolute atomic E-state index is 0.0415. The first kappa shape index (κ1) is 17.4. The number of carbonyl (C=O) groups excluding carboxylic acids is 2. The molecule has 1 aliphatic carbocycles. The monoisotopic (exact) mass is 380 g/mol. The number of nitrogens with zero attached hydrogens (tertiary/aromatic N) is 3. The van der Waals surface area contributed by atoms with Gasteiger partial charge in [-0.2, -0.15) is 4.98 Å². The third-order valence-electron chi connectivity index (χ3n) is 6.13. The van der Waals surface area contributed by atoms with Crippen LogP contribution in [0.2, 0.25) is 0 Å². The summed E-state index contributed by atoms with van der Waals surface area (Å²) in [4.78, 5) is 31.2. The molecule has 2 saturated heterocycles. The smallest absolute Gasteiger partial charge is 0.257 e. The van der Waals surface area contributed by atoms with Gasteiger partial charge in [-0.1, -0.05) is 5.16 Å². The third-order valence-corrected chi connectivity index (χ3v) is 6.13. The van der Waals surface area contributed by atoms with Gasteiger partial charge in [0.15, 0.2) is 5.82 Å². The molecular formula is C21H24N4O3. The van der Waals surface area contributed by atoms with E-state index in [1.807, 2.05) is 29.2 Å². The van der Waals surface area contributed by atoms with Gasteiger partial charge in [-0.25, -0.2) is 0 Å². The first-order valence-corrected chi connectivity index (χ1v) is 10.2. The van der Waals surface area contributed by atoms with E-state index in [1.165, 1.54) is 0 Å². The molecule has 5 rings (SSSR count). The van der Waals surface area contributed by atoms with Crippen molar-refractivity contribution in [2.75, 3.05) is 13.1 Å².